The van der Waals surface area contributed by atoms with Crippen LogP contribution in [0.15, 0.2) is 28.8 Å². The normalized spacial score (nSPS) is 20.2. The van der Waals surface area contributed by atoms with E-state index >= 15 is 0 Å². The molecule has 0 aliphatic carbocycles. The molecule has 1 aromatic carbocycles. The van der Waals surface area contributed by atoms with Gasteiger partial charge in [0.05, 0.1) is 6.54 Å². The molecule has 2 aromatic rings. The Bertz CT molecular complexity index is 569. The van der Waals surface area contributed by atoms with E-state index in [1.54, 1.807) is 0 Å². The van der Waals surface area contributed by atoms with E-state index in [0.29, 0.717) is 17.0 Å². The van der Waals surface area contributed by atoms with Gasteiger partial charge in [0.1, 0.15) is 0 Å². The second kappa shape index (κ2) is 5.91. The fraction of sp³-hybridized carbons (Fsp3) is 0.429. The van der Waals surface area contributed by atoms with Crippen LogP contribution in [0, 0.1) is 0 Å². The number of benzene rings is 1. The summed E-state index contributed by atoms with van der Waals surface area (Å²) in [6, 6.07) is 7.91. The zero-order chi connectivity index (χ0) is 13.9. The molecule has 3 rings (SSSR count). The van der Waals surface area contributed by atoms with Crippen LogP contribution in [0.3, 0.4) is 0 Å². The Morgan fingerprint density at radius 3 is 2.95 bits per heavy atom. The topological polar surface area (TPSA) is 54.2 Å². The van der Waals surface area contributed by atoms with Gasteiger partial charge in [-0.1, -0.05) is 16.8 Å². The second-order valence-corrected chi connectivity index (χ2v) is 5.55. The molecular weight excluding hydrogens is 276 g/mol. The summed E-state index contributed by atoms with van der Waals surface area (Å²) in [6.45, 7) is 5.92. The maximum atomic E-state index is 5.87. The van der Waals surface area contributed by atoms with Crippen LogP contribution in [-0.2, 0) is 6.54 Å². The zero-order valence-corrected chi connectivity index (χ0v) is 12.1. The van der Waals surface area contributed by atoms with Crippen molar-refractivity contribution < 1.29 is 4.52 Å². The van der Waals surface area contributed by atoms with Gasteiger partial charge >= 0.3 is 0 Å². The highest BCUT2D eigenvalue weighted by atomic mass is 35.5. The van der Waals surface area contributed by atoms with Crippen molar-refractivity contribution in [2.75, 3.05) is 19.6 Å². The fourth-order valence-electron chi connectivity index (χ4n) is 2.38. The Kier molecular flexibility index (Phi) is 4.00. The quantitative estimate of drug-likeness (QED) is 0.940. The van der Waals surface area contributed by atoms with E-state index in [1.165, 1.54) is 0 Å². The van der Waals surface area contributed by atoms with Crippen LogP contribution in [0.4, 0.5) is 0 Å². The van der Waals surface area contributed by atoms with E-state index in [0.717, 1.165) is 37.6 Å². The number of aromatic nitrogens is 2. The largest absolute Gasteiger partial charge is 0.334 e. The smallest absolute Gasteiger partial charge is 0.257 e. The number of rotatable bonds is 3. The maximum absolute atomic E-state index is 5.87. The van der Waals surface area contributed by atoms with E-state index in [1.807, 2.05) is 24.3 Å². The number of piperazine rings is 1. The molecule has 1 aliphatic heterocycles. The van der Waals surface area contributed by atoms with Crippen molar-refractivity contribution in [1.29, 1.82) is 0 Å². The lowest BCUT2D eigenvalue weighted by Crippen LogP contribution is -2.48. The van der Waals surface area contributed by atoms with Gasteiger partial charge in [-0.15, -0.1) is 0 Å². The van der Waals surface area contributed by atoms with E-state index < -0.39 is 0 Å². The summed E-state index contributed by atoms with van der Waals surface area (Å²) in [6.07, 6.45) is 0. The Hall–Kier alpha value is -1.43. The first-order valence-corrected chi connectivity index (χ1v) is 7.13. The predicted octanol–water partition coefficient (Wildman–Crippen LogP) is 2.18. The summed E-state index contributed by atoms with van der Waals surface area (Å²) in [7, 11) is 0. The first-order chi connectivity index (χ1) is 9.70. The highest BCUT2D eigenvalue weighted by Gasteiger charge is 2.18. The van der Waals surface area contributed by atoms with Crippen molar-refractivity contribution in [3.8, 4) is 11.5 Å². The lowest BCUT2D eigenvalue weighted by molar-refractivity contribution is 0.193. The molecule has 20 heavy (non-hydrogen) atoms. The van der Waals surface area contributed by atoms with Crippen LogP contribution in [0.5, 0.6) is 0 Å². The van der Waals surface area contributed by atoms with Gasteiger partial charge in [-0.25, -0.2) is 0 Å². The van der Waals surface area contributed by atoms with Crippen molar-refractivity contribution in [3.05, 3.63) is 35.1 Å². The summed E-state index contributed by atoms with van der Waals surface area (Å²) in [5, 5.41) is 8.17. The van der Waals surface area contributed by atoms with Gasteiger partial charge in [-0.3, -0.25) is 4.90 Å². The van der Waals surface area contributed by atoms with Crippen molar-refractivity contribution in [1.82, 2.24) is 20.4 Å². The zero-order valence-electron chi connectivity index (χ0n) is 11.3. The first-order valence-electron chi connectivity index (χ1n) is 6.75. The third kappa shape index (κ3) is 3.17. The number of hydrogen-bond acceptors (Lipinski definition) is 5. The first kappa shape index (κ1) is 13.5. The molecule has 1 aliphatic rings. The minimum atomic E-state index is 0.506. The molecule has 6 heteroatoms. The molecule has 1 unspecified atom stereocenters. The molecule has 0 amide bonds. The van der Waals surface area contributed by atoms with Gasteiger partial charge in [0.15, 0.2) is 5.82 Å². The summed E-state index contributed by atoms with van der Waals surface area (Å²) in [5.41, 5.74) is 0.891. The van der Waals surface area contributed by atoms with Gasteiger partial charge in [0.2, 0.25) is 0 Å². The number of hydrogen-bond donors (Lipinski definition) is 1. The minimum Gasteiger partial charge on any atom is -0.334 e. The molecule has 5 nitrogen and oxygen atoms in total. The fourth-order valence-corrected chi connectivity index (χ4v) is 2.51. The van der Waals surface area contributed by atoms with Crippen molar-refractivity contribution in [2.24, 2.45) is 0 Å². The number of nitrogens with one attached hydrogen (secondary N) is 1. The van der Waals surface area contributed by atoms with Crippen LogP contribution in [0.1, 0.15) is 12.7 Å². The minimum absolute atomic E-state index is 0.506. The van der Waals surface area contributed by atoms with Gasteiger partial charge in [-0.05, 0) is 31.2 Å². The van der Waals surface area contributed by atoms with Crippen molar-refractivity contribution >= 4 is 11.6 Å². The van der Waals surface area contributed by atoms with Gasteiger partial charge < -0.3 is 9.84 Å². The lowest BCUT2D eigenvalue weighted by atomic mass is 10.2. The van der Waals surface area contributed by atoms with Crippen LogP contribution in [-0.4, -0.2) is 40.7 Å². The highest BCUT2D eigenvalue weighted by molar-refractivity contribution is 6.30. The molecule has 1 saturated heterocycles. The maximum Gasteiger partial charge on any atom is 0.257 e. The predicted molar refractivity (Wildman–Crippen MR) is 77.5 cm³/mol. The summed E-state index contributed by atoms with van der Waals surface area (Å²) < 4.78 is 5.31. The van der Waals surface area contributed by atoms with Gasteiger partial charge in [-0.2, -0.15) is 4.98 Å². The molecule has 1 fully saturated rings. The third-order valence-electron chi connectivity index (χ3n) is 3.38. The van der Waals surface area contributed by atoms with Crippen LogP contribution < -0.4 is 5.32 Å². The van der Waals surface area contributed by atoms with Gasteiger partial charge in [0.25, 0.3) is 5.89 Å². The molecule has 106 valence electrons. The van der Waals surface area contributed by atoms with E-state index in [-0.39, 0.29) is 0 Å². The van der Waals surface area contributed by atoms with Gasteiger partial charge in [0, 0.05) is 36.3 Å². The van der Waals surface area contributed by atoms with Crippen LogP contribution in [0.2, 0.25) is 5.02 Å². The Morgan fingerprint density at radius 1 is 1.40 bits per heavy atom. The van der Waals surface area contributed by atoms with Crippen molar-refractivity contribution in [2.45, 2.75) is 19.5 Å². The monoisotopic (exact) mass is 292 g/mol. The van der Waals surface area contributed by atoms with E-state index in [4.69, 9.17) is 16.1 Å². The van der Waals surface area contributed by atoms with Crippen molar-refractivity contribution in [3.63, 3.8) is 0 Å². The molecule has 0 bridgehead atoms. The summed E-state index contributed by atoms with van der Waals surface area (Å²) in [5.74, 6) is 1.27. The Morgan fingerprint density at radius 2 is 2.20 bits per heavy atom. The Balaban J connectivity index is 1.69. The van der Waals surface area contributed by atoms with E-state index in [2.05, 4.69) is 27.3 Å². The summed E-state index contributed by atoms with van der Waals surface area (Å²) in [4.78, 5) is 6.78. The molecule has 2 heterocycles. The SMILES string of the molecule is CC1CN(Cc2noc(-c3ccc(Cl)cc3)n2)CCN1. The third-order valence-corrected chi connectivity index (χ3v) is 3.63. The molecule has 1 atom stereocenters. The molecule has 0 spiro atoms. The average Bonchev–Trinajstić information content (AvgIpc) is 2.88. The number of nitrogens with zero attached hydrogens (tertiary/aromatic N) is 3. The molecular formula is C14H17ClN4O. The second-order valence-electron chi connectivity index (χ2n) is 5.11. The van der Waals surface area contributed by atoms with Crippen LogP contribution >= 0.6 is 11.6 Å². The number of halogens is 1. The van der Waals surface area contributed by atoms with E-state index in [9.17, 15) is 0 Å². The summed E-state index contributed by atoms with van der Waals surface area (Å²) >= 11 is 5.87. The molecule has 0 saturated carbocycles. The molecule has 1 N–H and O–H groups in total. The Labute approximate surface area is 122 Å². The standard InChI is InChI=1S/C14H17ClN4O/c1-10-8-19(7-6-16-10)9-13-17-14(20-18-13)11-2-4-12(15)5-3-11/h2-5,10,16H,6-9H2,1H3. The average molecular weight is 293 g/mol. The highest BCUT2D eigenvalue weighted by Crippen LogP contribution is 2.20. The lowest BCUT2D eigenvalue weighted by Gasteiger charge is -2.30. The molecule has 0 radical (unpaired) electrons. The van der Waals surface area contributed by atoms with Crippen LogP contribution in [0.25, 0.3) is 11.5 Å². The molecule has 1 aromatic heterocycles.